The lowest BCUT2D eigenvalue weighted by Crippen LogP contribution is -2.46. The molecule has 2 fully saturated rings. The minimum atomic E-state index is 0.122. The van der Waals surface area contributed by atoms with Crippen LogP contribution in [0.3, 0.4) is 0 Å². The van der Waals surface area contributed by atoms with E-state index in [0.29, 0.717) is 19.0 Å². The molecule has 0 aromatic heterocycles. The second-order valence-corrected chi connectivity index (χ2v) is 5.58. The molecule has 17 heavy (non-hydrogen) atoms. The summed E-state index contributed by atoms with van der Waals surface area (Å²) in [5.41, 5.74) is 5.93. The molecule has 2 N–H and O–H groups in total. The molecular weight excluding hydrogens is 216 g/mol. The van der Waals surface area contributed by atoms with Gasteiger partial charge in [-0.15, -0.1) is 0 Å². The van der Waals surface area contributed by atoms with Crippen molar-refractivity contribution in [2.24, 2.45) is 11.1 Å². The average Bonchev–Trinajstić information content (AvgIpc) is 2.33. The fourth-order valence-electron chi connectivity index (χ4n) is 2.85. The number of hydrogen-bond acceptors (Lipinski definition) is 3. The van der Waals surface area contributed by atoms with Crippen LogP contribution < -0.4 is 5.73 Å². The molecule has 98 valence electrons. The Balaban J connectivity index is 1.85. The van der Waals surface area contributed by atoms with Crippen LogP contribution in [0.15, 0.2) is 0 Å². The summed E-state index contributed by atoms with van der Waals surface area (Å²) in [4.78, 5) is 14.2. The van der Waals surface area contributed by atoms with Gasteiger partial charge in [0.2, 0.25) is 5.91 Å². The Morgan fingerprint density at radius 1 is 1.41 bits per heavy atom. The van der Waals surface area contributed by atoms with Crippen LogP contribution >= 0.6 is 0 Å². The normalized spacial score (nSPS) is 24.1. The Labute approximate surface area is 103 Å². The van der Waals surface area contributed by atoms with Gasteiger partial charge >= 0.3 is 0 Å². The molecule has 1 aliphatic heterocycles. The van der Waals surface area contributed by atoms with Crippen LogP contribution in [0.4, 0.5) is 0 Å². The third-order valence-corrected chi connectivity index (χ3v) is 4.51. The Bertz CT molecular complexity index is 265. The number of hydrogen-bond donors (Lipinski definition) is 1. The molecule has 4 nitrogen and oxygen atoms in total. The number of carbonyl (C=O) groups is 1. The number of nitrogens with two attached hydrogens (primary N) is 1. The summed E-state index contributed by atoms with van der Waals surface area (Å²) in [5, 5.41) is 0. The third kappa shape index (κ3) is 2.80. The van der Waals surface area contributed by atoms with E-state index >= 15 is 0 Å². The molecule has 1 heterocycles. The summed E-state index contributed by atoms with van der Waals surface area (Å²) < 4.78 is 5.33. The van der Waals surface area contributed by atoms with Gasteiger partial charge in [0.25, 0.3) is 0 Å². The van der Waals surface area contributed by atoms with Crippen LogP contribution in [-0.2, 0) is 9.53 Å². The van der Waals surface area contributed by atoms with Gasteiger partial charge < -0.3 is 15.4 Å². The van der Waals surface area contributed by atoms with Crippen molar-refractivity contribution in [1.82, 2.24) is 4.90 Å². The molecule has 2 aliphatic rings. The van der Waals surface area contributed by atoms with E-state index in [-0.39, 0.29) is 11.3 Å². The Kier molecular flexibility index (Phi) is 4.05. The zero-order valence-electron chi connectivity index (χ0n) is 10.8. The molecule has 0 aromatic carbocycles. The maximum Gasteiger partial charge on any atom is 0.223 e. The monoisotopic (exact) mass is 240 g/mol. The van der Waals surface area contributed by atoms with Gasteiger partial charge in [-0.3, -0.25) is 4.79 Å². The van der Waals surface area contributed by atoms with E-state index in [1.54, 1.807) is 0 Å². The first-order valence-electron chi connectivity index (χ1n) is 6.70. The topological polar surface area (TPSA) is 55.6 Å². The number of amides is 1. The predicted molar refractivity (Wildman–Crippen MR) is 66.6 cm³/mol. The molecule has 1 saturated carbocycles. The first kappa shape index (κ1) is 12.8. The Morgan fingerprint density at radius 3 is 2.53 bits per heavy atom. The van der Waals surface area contributed by atoms with Crippen LogP contribution in [0.25, 0.3) is 0 Å². The van der Waals surface area contributed by atoms with Gasteiger partial charge in [0.05, 0.1) is 0 Å². The summed E-state index contributed by atoms with van der Waals surface area (Å²) in [5.74, 6) is 0.266. The first-order valence-corrected chi connectivity index (χ1v) is 6.70. The van der Waals surface area contributed by atoms with Gasteiger partial charge in [-0.05, 0) is 37.6 Å². The molecular formula is C13H24N2O2. The standard InChI is InChI=1S/C13H24N2O2/c1-15(11-3-7-17-8-4-11)12(16)9-13(10-14)5-2-6-13/h11H,2-10,14H2,1H3. The van der Waals surface area contributed by atoms with Crippen LogP contribution in [0, 0.1) is 5.41 Å². The van der Waals surface area contributed by atoms with Crippen molar-refractivity contribution in [3.8, 4) is 0 Å². The fourth-order valence-corrected chi connectivity index (χ4v) is 2.85. The summed E-state index contributed by atoms with van der Waals surface area (Å²) in [7, 11) is 1.93. The lowest BCUT2D eigenvalue weighted by atomic mass is 9.66. The Morgan fingerprint density at radius 2 is 2.06 bits per heavy atom. The van der Waals surface area contributed by atoms with E-state index < -0.39 is 0 Å². The van der Waals surface area contributed by atoms with Gasteiger partial charge in [-0.25, -0.2) is 0 Å². The maximum atomic E-state index is 12.2. The number of rotatable bonds is 4. The van der Waals surface area contributed by atoms with Crippen LogP contribution in [0.1, 0.15) is 38.5 Å². The van der Waals surface area contributed by atoms with Crippen molar-refractivity contribution < 1.29 is 9.53 Å². The lowest BCUT2D eigenvalue weighted by molar-refractivity contribution is -0.137. The molecule has 1 saturated heterocycles. The fraction of sp³-hybridized carbons (Fsp3) is 0.923. The molecule has 0 spiro atoms. The minimum absolute atomic E-state index is 0.122. The molecule has 1 aliphatic carbocycles. The summed E-state index contributed by atoms with van der Waals surface area (Å²) in [6.07, 6.45) is 6.05. The van der Waals surface area contributed by atoms with E-state index in [1.807, 2.05) is 11.9 Å². The van der Waals surface area contributed by atoms with E-state index in [9.17, 15) is 4.79 Å². The van der Waals surface area contributed by atoms with Crippen LogP contribution in [-0.4, -0.2) is 43.7 Å². The van der Waals surface area contributed by atoms with Crippen molar-refractivity contribution in [2.45, 2.75) is 44.6 Å². The van der Waals surface area contributed by atoms with Crippen molar-refractivity contribution >= 4 is 5.91 Å². The highest BCUT2D eigenvalue weighted by Gasteiger charge is 2.39. The highest BCUT2D eigenvalue weighted by molar-refractivity contribution is 5.77. The molecule has 4 heteroatoms. The van der Waals surface area contributed by atoms with Crippen molar-refractivity contribution in [2.75, 3.05) is 26.8 Å². The van der Waals surface area contributed by atoms with E-state index in [1.165, 1.54) is 6.42 Å². The molecule has 2 rings (SSSR count). The predicted octanol–water partition coefficient (Wildman–Crippen LogP) is 1.14. The highest BCUT2D eigenvalue weighted by atomic mass is 16.5. The van der Waals surface area contributed by atoms with Crippen molar-refractivity contribution in [1.29, 1.82) is 0 Å². The largest absolute Gasteiger partial charge is 0.381 e. The summed E-state index contributed by atoms with van der Waals surface area (Å²) >= 11 is 0. The lowest BCUT2D eigenvalue weighted by Gasteiger charge is -2.42. The number of nitrogens with zero attached hydrogens (tertiary/aromatic N) is 1. The minimum Gasteiger partial charge on any atom is -0.381 e. The zero-order valence-corrected chi connectivity index (χ0v) is 10.8. The molecule has 0 aromatic rings. The smallest absolute Gasteiger partial charge is 0.223 e. The quantitative estimate of drug-likeness (QED) is 0.802. The zero-order chi connectivity index (χ0) is 12.3. The second-order valence-electron chi connectivity index (χ2n) is 5.58. The number of carbonyl (C=O) groups excluding carboxylic acids is 1. The van der Waals surface area contributed by atoms with E-state index in [4.69, 9.17) is 10.5 Å². The summed E-state index contributed by atoms with van der Waals surface area (Å²) in [6, 6.07) is 0.367. The third-order valence-electron chi connectivity index (χ3n) is 4.51. The van der Waals surface area contributed by atoms with Gasteiger partial charge in [-0.2, -0.15) is 0 Å². The highest BCUT2D eigenvalue weighted by Crippen LogP contribution is 2.43. The summed E-state index contributed by atoms with van der Waals surface area (Å²) in [6.45, 7) is 2.22. The van der Waals surface area contributed by atoms with Gasteiger partial charge in [-0.1, -0.05) is 6.42 Å². The SMILES string of the molecule is CN(C(=O)CC1(CN)CCC1)C1CCOCC1. The maximum absolute atomic E-state index is 12.2. The molecule has 0 atom stereocenters. The van der Waals surface area contributed by atoms with Crippen LogP contribution in [0.5, 0.6) is 0 Å². The van der Waals surface area contributed by atoms with Gasteiger partial charge in [0.15, 0.2) is 0 Å². The molecule has 0 bridgehead atoms. The second kappa shape index (κ2) is 5.36. The van der Waals surface area contributed by atoms with Crippen LogP contribution in [0.2, 0.25) is 0 Å². The van der Waals surface area contributed by atoms with Crippen molar-refractivity contribution in [3.63, 3.8) is 0 Å². The molecule has 1 amide bonds. The molecule has 0 radical (unpaired) electrons. The van der Waals surface area contributed by atoms with Gasteiger partial charge in [0.1, 0.15) is 0 Å². The first-order chi connectivity index (χ1) is 8.17. The number of ether oxygens (including phenoxy) is 1. The average molecular weight is 240 g/mol. The van der Waals surface area contributed by atoms with Crippen molar-refractivity contribution in [3.05, 3.63) is 0 Å². The molecule has 0 unspecified atom stereocenters. The van der Waals surface area contributed by atoms with E-state index in [2.05, 4.69) is 0 Å². The van der Waals surface area contributed by atoms with Gasteiger partial charge in [0, 0.05) is 32.7 Å². The van der Waals surface area contributed by atoms with E-state index in [0.717, 1.165) is 38.9 Å². The Hall–Kier alpha value is -0.610.